The van der Waals surface area contributed by atoms with Crippen LogP contribution < -0.4 is 14.4 Å². The second-order valence-electron chi connectivity index (χ2n) is 10.4. The summed E-state index contributed by atoms with van der Waals surface area (Å²) in [7, 11) is 0. The predicted octanol–water partition coefficient (Wildman–Crippen LogP) is 4.88. The molecule has 172 valence electrons. The van der Waals surface area contributed by atoms with Gasteiger partial charge in [0.05, 0.1) is 5.54 Å². The van der Waals surface area contributed by atoms with Crippen molar-refractivity contribution in [2.75, 3.05) is 24.0 Å². The number of ether oxygens (including phenoxy) is 2. The van der Waals surface area contributed by atoms with Crippen molar-refractivity contribution in [3.8, 4) is 11.5 Å². The van der Waals surface area contributed by atoms with Gasteiger partial charge in [-0.15, -0.1) is 0 Å². The van der Waals surface area contributed by atoms with Crippen LogP contribution in [0.2, 0.25) is 0 Å². The second kappa shape index (κ2) is 7.86. The maximum Gasteiger partial charge on any atom is 0.231 e. The molecule has 6 nitrogen and oxygen atoms in total. The predicted molar refractivity (Wildman–Crippen MR) is 127 cm³/mol. The van der Waals surface area contributed by atoms with Gasteiger partial charge in [-0.3, -0.25) is 14.7 Å². The van der Waals surface area contributed by atoms with Crippen molar-refractivity contribution in [2.45, 2.75) is 70.5 Å². The van der Waals surface area contributed by atoms with Crippen LogP contribution >= 0.6 is 11.8 Å². The summed E-state index contributed by atoms with van der Waals surface area (Å²) in [6.45, 7) is 5.02. The first-order chi connectivity index (χ1) is 15.5. The van der Waals surface area contributed by atoms with E-state index in [-0.39, 0.29) is 24.4 Å². The molecule has 7 heteroatoms. The minimum absolute atomic E-state index is 0.0227. The van der Waals surface area contributed by atoms with Crippen LogP contribution in [0.3, 0.4) is 0 Å². The fourth-order valence-corrected chi connectivity index (χ4v) is 8.51. The largest absolute Gasteiger partial charge is 0.454 e. The third-order valence-electron chi connectivity index (χ3n) is 8.04. The molecule has 5 fully saturated rings. The van der Waals surface area contributed by atoms with Crippen LogP contribution in [-0.4, -0.2) is 46.8 Å². The first kappa shape index (κ1) is 20.7. The van der Waals surface area contributed by atoms with Crippen molar-refractivity contribution < 1.29 is 14.3 Å². The van der Waals surface area contributed by atoms with Crippen molar-refractivity contribution in [2.24, 2.45) is 22.7 Å². The van der Waals surface area contributed by atoms with E-state index in [1.165, 1.54) is 38.5 Å². The van der Waals surface area contributed by atoms with Gasteiger partial charge in [0, 0.05) is 31.0 Å². The van der Waals surface area contributed by atoms with E-state index >= 15 is 0 Å². The van der Waals surface area contributed by atoms with Gasteiger partial charge >= 0.3 is 0 Å². The smallest absolute Gasteiger partial charge is 0.231 e. The normalized spacial score (nSPS) is 35.7. The number of nitrogens with zero attached hydrogens (tertiary/aromatic N) is 3. The zero-order valence-electron chi connectivity index (χ0n) is 19.1. The van der Waals surface area contributed by atoms with E-state index in [0.29, 0.717) is 5.75 Å². The molecule has 1 unspecified atom stereocenters. The highest BCUT2D eigenvalue weighted by molar-refractivity contribution is 8.14. The fourth-order valence-electron chi connectivity index (χ4n) is 7.25. The molecule has 1 atom stereocenters. The Bertz CT molecular complexity index is 913. The summed E-state index contributed by atoms with van der Waals surface area (Å²) in [5, 5.41) is 1.16. The molecule has 4 bridgehead atoms. The van der Waals surface area contributed by atoms with Gasteiger partial charge in [0.1, 0.15) is 6.17 Å². The zero-order valence-corrected chi connectivity index (χ0v) is 19.9. The summed E-state index contributed by atoms with van der Waals surface area (Å²) < 4.78 is 11.1. The first-order valence-electron chi connectivity index (χ1n) is 12.2. The summed E-state index contributed by atoms with van der Waals surface area (Å²) in [5.41, 5.74) is 1.02. The van der Waals surface area contributed by atoms with E-state index < -0.39 is 0 Å². The standard InChI is InChI=1S/C25H33N3O3S/c1-3-6-27-23(28(16(2)29)20-4-5-21-22(10-20)31-15-30-21)14-32-24(27)26-25-11-17-7-18(12-25)9-19(8-17)13-25/h4-5,10,17-19,23H,3,6-9,11-15H2,1-2H3. The van der Waals surface area contributed by atoms with Gasteiger partial charge in [-0.25, -0.2) is 0 Å². The molecule has 0 radical (unpaired) electrons. The van der Waals surface area contributed by atoms with Gasteiger partial charge in [-0.05, 0) is 74.8 Å². The Morgan fingerprint density at radius 3 is 2.50 bits per heavy atom. The van der Waals surface area contributed by atoms with Gasteiger partial charge in [0.2, 0.25) is 12.7 Å². The maximum absolute atomic E-state index is 12.9. The van der Waals surface area contributed by atoms with Gasteiger partial charge in [0.15, 0.2) is 16.7 Å². The van der Waals surface area contributed by atoms with Crippen LogP contribution in [0.15, 0.2) is 23.2 Å². The first-order valence-corrected chi connectivity index (χ1v) is 13.2. The summed E-state index contributed by atoms with van der Waals surface area (Å²) in [4.78, 5) is 22.7. The number of carbonyl (C=O) groups excluding carboxylic acids is 1. The molecule has 4 saturated carbocycles. The number of fused-ring (bicyclic) bond motifs is 1. The van der Waals surface area contributed by atoms with Crippen molar-refractivity contribution >= 4 is 28.5 Å². The molecule has 1 aromatic rings. The molecule has 6 aliphatic rings. The lowest BCUT2D eigenvalue weighted by Gasteiger charge is -2.55. The SMILES string of the molecule is CCCN1C(=NC23CC4CC(CC(C4)C2)C3)SCC1N(C(C)=O)c1ccc2c(c1)OCO2. The van der Waals surface area contributed by atoms with E-state index in [1.807, 2.05) is 34.9 Å². The zero-order chi connectivity index (χ0) is 21.9. The van der Waals surface area contributed by atoms with Crippen LogP contribution in [0.25, 0.3) is 0 Å². The number of amides is 1. The van der Waals surface area contributed by atoms with E-state index in [2.05, 4.69) is 11.8 Å². The van der Waals surface area contributed by atoms with Crippen molar-refractivity contribution in [3.05, 3.63) is 18.2 Å². The minimum Gasteiger partial charge on any atom is -0.454 e. The second-order valence-corrected chi connectivity index (χ2v) is 11.4. The third kappa shape index (κ3) is 3.47. The van der Waals surface area contributed by atoms with Crippen molar-refractivity contribution in [3.63, 3.8) is 0 Å². The average Bonchev–Trinajstić information content (AvgIpc) is 3.35. The molecule has 4 aliphatic carbocycles. The van der Waals surface area contributed by atoms with E-state index in [9.17, 15) is 4.79 Å². The Hall–Kier alpha value is -1.89. The molecule has 0 aromatic heterocycles. The number of hydrogen-bond donors (Lipinski definition) is 0. The Balaban J connectivity index is 1.31. The average molecular weight is 456 g/mol. The quantitative estimate of drug-likeness (QED) is 0.634. The van der Waals surface area contributed by atoms with Crippen LogP contribution in [0.4, 0.5) is 5.69 Å². The van der Waals surface area contributed by atoms with E-state index in [4.69, 9.17) is 14.5 Å². The van der Waals surface area contributed by atoms with Crippen molar-refractivity contribution in [1.82, 2.24) is 4.90 Å². The monoisotopic (exact) mass is 455 g/mol. The third-order valence-corrected chi connectivity index (χ3v) is 9.09. The Morgan fingerprint density at radius 2 is 1.84 bits per heavy atom. The molecule has 1 amide bonds. The Morgan fingerprint density at radius 1 is 1.16 bits per heavy atom. The van der Waals surface area contributed by atoms with Crippen LogP contribution in [0.1, 0.15) is 58.8 Å². The fraction of sp³-hybridized carbons (Fsp3) is 0.680. The van der Waals surface area contributed by atoms with Crippen LogP contribution in [0, 0.1) is 17.8 Å². The lowest BCUT2D eigenvalue weighted by Crippen LogP contribution is -2.52. The summed E-state index contributed by atoms with van der Waals surface area (Å²) in [5.74, 6) is 5.00. The molecule has 7 rings (SSSR count). The van der Waals surface area contributed by atoms with E-state index in [1.54, 1.807) is 6.92 Å². The van der Waals surface area contributed by atoms with Crippen LogP contribution in [0.5, 0.6) is 11.5 Å². The molecule has 0 spiro atoms. The van der Waals surface area contributed by atoms with Gasteiger partial charge in [-0.1, -0.05) is 18.7 Å². The number of thioether (sulfide) groups is 1. The number of rotatable bonds is 5. The van der Waals surface area contributed by atoms with Gasteiger partial charge < -0.3 is 14.4 Å². The Kier molecular flexibility index (Phi) is 5.08. The molecule has 1 saturated heterocycles. The number of aliphatic imine (C=N–C) groups is 1. The molecule has 0 N–H and O–H groups in total. The molecule has 32 heavy (non-hydrogen) atoms. The molecule has 2 heterocycles. The lowest BCUT2D eigenvalue weighted by molar-refractivity contribution is -0.117. The topological polar surface area (TPSA) is 54.4 Å². The number of carbonyl (C=O) groups is 1. The highest BCUT2D eigenvalue weighted by Crippen LogP contribution is 2.57. The maximum atomic E-state index is 12.9. The highest BCUT2D eigenvalue weighted by atomic mass is 32.2. The molecule has 2 aliphatic heterocycles. The minimum atomic E-state index is -0.0227. The number of amidine groups is 1. The van der Waals surface area contributed by atoms with Gasteiger partial charge in [-0.2, -0.15) is 0 Å². The highest BCUT2D eigenvalue weighted by Gasteiger charge is 2.52. The van der Waals surface area contributed by atoms with Crippen molar-refractivity contribution in [1.29, 1.82) is 0 Å². The molecular formula is C25H33N3O3S. The number of benzene rings is 1. The lowest BCUT2D eigenvalue weighted by atomic mass is 9.53. The number of hydrogen-bond acceptors (Lipinski definition) is 5. The summed E-state index contributed by atoms with van der Waals surface area (Å²) >= 11 is 1.84. The Labute approximate surface area is 194 Å². The summed E-state index contributed by atoms with van der Waals surface area (Å²) in [6, 6.07) is 5.81. The molecule has 1 aromatic carbocycles. The van der Waals surface area contributed by atoms with Crippen LogP contribution in [-0.2, 0) is 4.79 Å². The number of anilines is 1. The summed E-state index contributed by atoms with van der Waals surface area (Å²) in [6.07, 6.45) is 9.11. The van der Waals surface area contributed by atoms with Gasteiger partial charge in [0.25, 0.3) is 0 Å². The van der Waals surface area contributed by atoms with E-state index in [0.717, 1.165) is 53.1 Å². The molecular weight excluding hydrogens is 422 g/mol.